The second kappa shape index (κ2) is 11.3. The molecule has 3 N–H and O–H groups in total. The summed E-state index contributed by atoms with van der Waals surface area (Å²) < 4.78 is 5.40. The molecule has 1 aromatic rings. The van der Waals surface area contributed by atoms with Crippen molar-refractivity contribution >= 4 is 41.2 Å². The highest BCUT2D eigenvalue weighted by molar-refractivity contribution is 6.33. The Morgan fingerprint density at radius 3 is 2.31 bits per heavy atom. The van der Waals surface area contributed by atoms with E-state index in [0.29, 0.717) is 55.3 Å². The molecule has 3 aliphatic rings. The van der Waals surface area contributed by atoms with Crippen molar-refractivity contribution in [2.24, 2.45) is 5.92 Å². The third-order valence-electron chi connectivity index (χ3n) is 6.70. The fraction of sp³-hybridized carbons (Fsp3) is 0.571. The summed E-state index contributed by atoms with van der Waals surface area (Å²) in [5, 5.41) is 8.96. The van der Waals surface area contributed by atoms with Crippen molar-refractivity contribution in [3.63, 3.8) is 0 Å². The molecule has 1 heterocycles. The highest BCUT2D eigenvalue weighted by Crippen LogP contribution is 2.39. The average molecular weight is 558 g/mol. The molecule has 4 rings (SSSR count). The van der Waals surface area contributed by atoms with Crippen molar-refractivity contribution in [3.8, 4) is 11.8 Å². The van der Waals surface area contributed by atoms with Gasteiger partial charge in [-0.3, -0.25) is 9.59 Å². The van der Waals surface area contributed by atoms with E-state index >= 15 is 0 Å². The minimum Gasteiger partial charge on any atom is -0.444 e. The van der Waals surface area contributed by atoms with Crippen LogP contribution in [0.2, 0.25) is 5.02 Å². The van der Waals surface area contributed by atoms with Crippen LogP contribution in [0, 0.1) is 17.8 Å². The third-order valence-corrected chi connectivity index (χ3v) is 7.03. The maximum absolute atomic E-state index is 12.9. The van der Waals surface area contributed by atoms with Crippen molar-refractivity contribution in [3.05, 3.63) is 28.8 Å². The van der Waals surface area contributed by atoms with Gasteiger partial charge in [-0.05, 0) is 71.6 Å². The molecule has 0 radical (unpaired) electrons. The Kier molecular flexibility index (Phi) is 8.31. The zero-order valence-corrected chi connectivity index (χ0v) is 23.6. The summed E-state index contributed by atoms with van der Waals surface area (Å²) in [6, 6.07) is 4.36. The lowest BCUT2D eigenvalue weighted by Gasteiger charge is -2.35. The van der Waals surface area contributed by atoms with Crippen LogP contribution in [-0.4, -0.2) is 77.1 Å². The largest absolute Gasteiger partial charge is 0.444 e. The molecule has 39 heavy (non-hydrogen) atoms. The molecule has 210 valence electrons. The van der Waals surface area contributed by atoms with Gasteiger partial charge >= 0.3 is 12.1 Å². The Morgan fingerprint density at radius 2 is 1.72 bits per heavy atom. The summed E-state index contributed by atoms with van der Waals surface area (Å²) in [5.41, 5.74) is -0.390. The lowest BCUT2D eigenvalue weighted by Crippen LogP contribution is -2.54. The number of urea groups is 1. The highest BCUT2D eigenvalue weighted by atomic mass is 35.5. The number of carbonyl (C=O) groups excluding carboxylic acids is 4. The second-order valence-electron chi connectivity index (χ2n) is 11.4. The van der Waals surface area contributed by atoms with Crippen LogP contribution >= 0.6 is 11.6 Å². The fourth-order valence-electron chi connectivity index (χ4n) is 4.08. The molecule has 0 bridgehead atoms. The Hall–Kier alpha value is -3.45. The Bertz CT molecular complexity index is 1200. The van der Waals surface area contributed by atoms with Crippen molar-refractivity contribution in [2.75, 3.05) is 31.5 Å². The molecule has 5 amide bonds. The van der Waals surface area contributed by atoms with Gasteiger partial charge in [-0.1, -0.05) is 23.4 Å². The van der Waals surface area contributed by atoms with Gasteiger partial charge in [0.25, 0.3) is 0 Å². The molecule has 10 nitrogen and oxygen atoms in total. The summed E-state index contributed by atoms with van der Waals surface area (Å²) in [5.74, 6) is 5.71. The van der Waals surface area contributed by atoms with Gasteiger partial charge in [0.15, 0.2) is 0 Å². The van der Waals surface area contributed by atoms with Gasteiger partial charge in [0, 0.05) is 37.7 Å². The number of piperazine rings is 1. The van der Waals surface area contributed by atoms with E-state index in [-0.39, 0.29) is 29.9 Å². The van der Waals surface area contributed by atoms with Crippen LogP contribution in [0.5, 0.6) is 0 Å². The number of ether oxygens (including phenoxy) is 1. The van der Waals surface area contributed by atoms with Crippen molar-refractivity contribution < 1.29 is 23.9 Å². The maximum Gasteiger partial charge on any atom is 0.410 e. The lowest BCUT2D eigenvalue weighted by atomic mass is 10.1. The van der Waals surface area contributed by atoms with E-state index < -0.39 is 17.2 Å². The van der Waals surface area contributed by atoms with E-state index in [1.165, 1.54) is 0 Å². The molecule has 1 aliphatic heterocycles. The van der Waals surface area contributed by atoms with E-state index in [1.54, 1.807) is 34.9 Å². The highest BCUT2D eigenvalue weighted by Gasteiger charge is 2.52. The average Bonchev–Trinajstić information content (AvgIpc) is 3.78. The minimum atomic E-state index is -0.859. The van der Waals surface area contributed by atoms with E-state index in [9.17, 15) is 19.2 Å². The standard InChI is InChI=1S/C28H36ClN5O5/c1-18(30-25(37)33-13-15-34(16-14-33)26(38)39-27(2,3)4)5-6-19-7-10-21(29)22(17-19)31-24(36)28(11-12-28)32-23(35)20-8-9-20/h7,10,17-18,20H,8-9,11-16H2,1-4H3,(H,30,37)(H,31,36)(H,32,35). The van der Waals surface area contributed by atoms with Gasteiger partial charge in [-0.2, -0.15) is 0 Å². The second-order valence-corrected chi connectivity index (χ2v) is 11.8. The fourth-order valence-corrected chi connectivity index (χ4v) is 4.25. The third kappa shape index (κ3) is 7.79. The maximum atomic E-state index is 12.9. The first-order valence-corrected chi connectivity index (χ1v) is 13.7. The number of halogens is 1. The number of benzene rings is 1. The van der Waals surface area contributed by atoms with Gasteiger partial charge in [0.1, 0.15) is 11.1 Å². The van der Waals surface area contributed by atoms with Crippen LogP contribution in [0.3, 0.4) is 0 Å². The van der Waals surface area contributed by atoms with E-state index in [4.69, 9.17) is 16.3 Å². The van der Waals surface area contributed by atoms with Crippen LogP contribution in [-0.2, 0) is 14.3 Å². The molecule has 1 unspecified atom stereocenters. The van der Waals surface area contributed by atoms with Crippen LogP contribution in [0.25, 0.3) is 0 Å². The van der Waals surface area contributed by atoms with Crippen molar-refractivity contribution in [2.45, 2.75) is 70.6 Å². The molecular formula is C28H36ClN5O5. The zero-order chi connectivity index (χ0) is 28.4. The van der Waals surface area contributed by atoms with Crippen molar-refractivity contribution in [1.82, 2.24) is 20.4 Å². The van der Waals surface area contributed by atoms with Crippen LogP contribution in [0.1, 0.15) is 58.9 Å². The number of nitrogens with one attached hydrogen (secondary N) is 3. The lowest BCUT2D eigenvalue weighted by molar-refractivity contribution is -0.128. The molecule has 2 aliphatic carbocycles. The quantitative estimate of drug-likeness (QED) is 0.480. The molecule has 0 aromatic heterocycles. The van der Waals surface area contributed by atoms with Crippen molar-refractivity contribution in [1.29, 1.82) is 0 Å². The number of amides is 5. The molecule has 11 heteroatoms. The molecule has 2 saturated carbocycles. The number of nitrogens with zero attached hydrogens (tertiary/aromatic N) is 2. The molecular weight excluding hydrogens is 522 g/mol. The number of carbonyl (C=O) groups is 4. The predicted molar refractivity (Wildman–Crippen MR) is 147 cm³/mol. The van der Waals surface area contributed by atoms with Gasteiger partial charge < -0.3 is 30.5 Å². The number of hydrogen-bond acceptors (Lipinski definition) is 5. The SMILES string of the molecule is CC(C#Cc1ccc(Cl)c(NC(=O)C2(NC(=O)C3CC3)CC2)c1)NC(=O)N1CCN(C(=O)OC(C)(C)C)CC1. The summed E-state index contributed by atoms with van der Waals surface area (Å²) in [4.78, 5) is 53.2. The van der Waals surface area contributed by atoms with Gasteiger partial charge in [0.05, 0.1) is 16.8 Å². The van der Waals surface area contributed by atoms with E-state index in [1.807, 2.05) is 20.8 Å². The number of hydrogen-bond donors (Lipinski definition) is 3. The normalized spacial score (nSPS) is 18.7. The molecule has 1 saturated heterocycles. The van der Waals surface area contributed by atoms with Gasteiger partial charge in [-0.25, -0.2) is 9.59 Å². The topological polar surface area (TPSA) is 120 Å². The summed E-state index contributed by atoms with van der Waals surface area (Å²) in [6.07, 6.45) is 2.57. The van der Waals surface area contributed by atoms with Gasteiger partial charge in [0.2, 0.25) is 11.8 Å². The van der Waals surface area contributed by atoms with Crippen LogP contribution in [0.4, 0.5) is 15.3 Å². The Morgan fingerprint density at radius 1 is 1.08 bits per heavy atom. The van der Waals surface area contributed by atoms with Crippen LogP contribution in [0.15, 0.2) is 18.2 Å². The Labute approximate surface area is 234 Å². The first-order chi connectivity index (χ1) is 18.3. The summed E-state index contributed by atoms with van der Waals surface area (Å²) in [7, 11) is 0. The molecule has 1 aromatic carbocycles. The predicted octanol–water partition coefficient (Wildman–Crippen LogP) is 3.34. The smallest absolute Gasteiger partial charge is 0.410 e. The summed E-state index contributed by atoms with van der Waals surface area (Å²) in [6.45, 7) is 8.82. The molecule has 1 atom stereocenters. The van der Waals surface area contributed by atoms with E-state index in [0.717, 1.165) is 12.8 Å². The first-order valence-electron chi connectivity index (χ1n) is 13.3. The monoisotopic (exact) mass is 557 g/mol. The minimum absolute atomic E-state index is 0.0294. The van der Waals surface area contributed by atoms with Gasteiger partial charge in [-0.15, -0.1) is 0 Å². The zero-order valence-electron chi connectivity index (χ0n) is 22.9. The van der Waals surface area contributed by atoms with E-state index in [2.05, 4.69) is 27.8 Å². The molecule has 0 spiro atoms. The first kappa shape index (κ1) is 28.6. The number of anilines is 1. The molecule has 3 fully saturated rings. The summed E-state index contributed by atoms with van der Waals surface area (Å²) >= 11 is 6.31. The number of rotatable bonds is 5. The van der Waals surface area contributed by atoms with Crippen LogP contribution < -0.4 is 16.0 Å². The Balaban J connectivity index is 1.28.